The summed E-state index contributed by atoms with van der Waals surface area (Å²) in [6.45, 7) is 15.8. The molecule has 0 amide bonds. The van der Waals surface area contributed by atoms with Gasteiger partial charge in [-0.2, -0.15) is 5.26 Å². The van der Waals surface area contributed by atoms with Gasteiger partial charge in [0.25, 0.3) is 0 Å². The molecule has 2 heteroatoms. The van der Waals surface area contributed by atoms with Gasteiger partial charge in [0.2, 0.25) is 0 Å². The maximum absolute atomic E-state index is 8.88. The molecule has 0 rings (SSSR count). The van der Waals surface area contributed by atoms with E-state index in [4.69, 9.17) is 5.26 Å². The molecular formula is C12H24NP. The molecule has 0 aliphatic heterocycles. The molecular weight excluding hydrogens is 189 g/mol. The summed E-state index contributed by atoms with van der Waals surface area (Å²) in [5.74, 6) is 0.194. The first-order valence-electron chi connectivity index (χ1n) is 5.26. The van der Waals surface area contributed by atoms with Gasteiger partial charge < -0.3 is 0 Å². The van der Waals surface area contributed by atoms with Gasteiger partial charge in [0.1, 0.15) is 0 Å². The van der Waals surface area contributed by atoms with Crippen LogP contribution in [0.4, 0.5) is 0 Å². The Kier molecular flexibility index (Phi) is 4.60. The van der Waals surface area contributed by atoms with Crippen LogP contribution in [-0.4, -0.2) is 16.5 Å². The van der Waals surface area contributed by atoms with Gasteiger partial charge in [0.15, 0.2) is 0 Å². The van der Waals surface area contributed by atoms with E-state index in [1.807, 2.05) is 6.92 Å². The Morgan fingerprint density at radius 1 is 1.07 bits per heavy atom. The van der Waals surface area contributed by atoms with Crippen molar-refractivity contribution in [2.75, 3.05) is 6.16 Å². The highest BCUT2D eigenvalue weighted by molar-refractivity contribution is 7.60. The average molecular weight is 213 g/mol. The van der Waals surface area contributed by atoms with Crippen LogP contribution in [0.15, 0.2) is 0 Å². The Morgan fingerprint density at radius 2 is 1.43 bits per heavy atom. The summed E-state index contributed by atoms with van der Waals surface area (Å²) in [4.78, 5) is 0. The van der Waals surface area contributed by atoms with Gasteiger partial charge in [-0.25, -0.2) is 0 Å². The summed E-state index contributed by atoms with van der Waals surface area (Å²) in [7, 11) is -0.110. The van der Waals surface area contributed by atoms with Gasteiger partial charge in [-0.05, 0) is 23.4 Å². The van der Waals surface area contributed by atoms with Crippen molar-refractivity contribution >= 4 is 7.92 Å². The van der Waals surface area contributed by atoms with E-state index >= 15 is 0 Å². The number of nitrogens with zero attached hydrogens (tertiary/aromatic N) is 1. The van der Waals surface area contributed by atoms with E-state index in [2.05, 4.69) is 47.6 Å². The molecule has 0 aliphatic carbocycles. The van der Waals surface area contributed by atoms with Crippen molar-refractivity contribution in [1.82, 2.24) is 0 Å². The zero-order valence-electron chi connectivity index (χ0n) is 10.7. The smallest absolute Gasteiger partial charge is 0.0656 e. The van der Waals surface area contributed by atoms with Crippen LogP contribution in [0.1, 0.15) is 48.5 Å². The van der Waals surface area contributed by atoms with Crippen LogP contribution < -0.4 is 0 Å². The molecule has 0 heterocycles. The van der Waals surface area contributed by atoms with Crippen molar-refractivity contribution in [3.05, 3.63) is 0 Å². The normalized spacial score (nSPS) is 15.4. The molecule has 0 aromatic carbocycles. The lowest BCUT2D eigenvalue weighted by molar-refractivity contribution is 0.689. The maximum Gasteiger partial charge on any atom is 0.0656 e. The highest BCUT2D eigenvalue weighted by Crippen LogP contribution is 2.59. The molecule has 14 heavy (non-hydrogen) atoms. The Labute approximate surface area is 90.6 Å². The summed E-state index contributed by atoms with van der Waals surface area (Å²) in [6, 6.07) is 2.36. The lowest BCUT2D eigenvalue weighted by atomic mass is 10.2. The molecule has 0 unspecified atom stereocenters. The lowest BCUT2D eigenvalue weighted by Gasteiger charge is -2.42. The lowest BCUT2D eigenvalue weighted by Crippen LogP contribution is -2.28. The van der Waals surface area contributed by atoms with Crippen molar-refractivity contribution in [3.8, 4) is 6.07 Å². The fourth-order valence-corrected chi connectivity index (χ4v) is 5.61. The Balaban J connectivity index is 4.70. The molecule has 0 radical (unpaired) electrons. The quantitative estimate of drug-likeness (QED) is 0.630. The topological polar surface area (TPSA) is 23.8 Å². The van der Waals surface area contributed by atoms with Crippen LogP contribution >= 0.6 is 7.92 Å². The molecule has 0 bridgehead atoms. The molecule has 0 N–H and O–H groups in total. The minimum absolute atomic E-state index is 0.110. The minimum atomic E-state index is -0.110. The first-order chi connectivity index (χ1) is 6.09. The molecule has 0 aliphatic rings. The monoisotopic (exact) mass is 213 g/mol. The third kappa shape index (κ3) is 4.43. The Bertz CT molecular complexity index is 200. The van der Waals surface area contributed by atoms with Crippen molar-refractivity contribution in [1.29, 1.82) is 5.26 Å². The standard InChI is InChI=1S/C12H24NP/c1-10(8-13)9-14(11(2,3)4)12(5,6)7/h10H,9H2,1-7H3/t10-/m0/s1. The van der Waals surface area contributed by atoms with Crippen molar-refractivity contribution < 1.29 is 0 Å². The van der Waals surface area contributed by atoms with Gasteiger partial charge in [-0.3, -0.25) is 0 Å². The molecule has 0 aromatic heterocycles. The first kappa shape index (κ1) is 13.9. The second kappa shape index (κ2) is 4.63. The summed E-state index contributed by atoms with van der Waals surface area (Å²) in [6.07, 6.45) is 1.07. The molecule has 0 fully saturated rings. The van der Waals surface area contributed by atoms with Crippen LogP contribution in [0, 0.1) is 17.2 Å². The maximum atomic E-state index is 8.88. The van der Waals surface area contributed by atoms with Crippen LogP contribution in [-0.2, 0) is 0 Å². The molecule has 0 spiro atoms. The molecule has 1 nitrogen and oxygen atoms in total. The molecule has 82 valence electrons. The minimum Gasteiger partial charge on any atom is -0.198 e. The predicted octanol–water partition coefficient (Wildman–Crippen LogP) is 4.22. The van der Waals surface area contributed by atoms with Gasteiger partial charge in [0, 0.05) is 5.92 Å². The third-order valence-corrected chi connectivity index (χ3v) is 6.45. The molecule has 1 atom stereocenters. The van der Waals surface area contributed by atoms with Crippen molar-refractivity contribution in [2.45, 2.75) is 58.8 Å². The molecule has 0 saturated heterocycles. The van der Waals surface area contributed by atoms with Gasteiger partial charge in [-0.1, -0.05) is 49.5 Å². The third-order valence-electron chi connectivity index (χ3n) is 2.30. The van der Waals surface area contributed by atoms with E-state index in [1.165, 1.54) is 0 Å². The highest BCUT2D eigenvalue weighted by atomic mass is 31.1. The van der Waals surface area contributed by atoms with E-state index in [0.29, 0.717) is 10.3 Å². The van der Waals surface area contributed by atoms with Crippen LogP contribution in [0.5, 0.6) is 0 Å². The van der Waals surface area contributed by atoms with Crippen LogP contribution in [0.25, 0.3) is 0 Å². The Morgan fingerprint density at radius 3 is 1.64 bits per heavy atom. The van der Waals surface area contributed by atoms with E-state index < -0.39 is 0 Å². The van der Waals surface area contributed by atoms with Crippen LogP contribution in [0.2, 0.25) is 0 Å². The zero-order chi connectivity index (χ0) is 11.6. The summed E-state index contributed by atoms with van der Waals surface area (Å²) < 4.78 is 0. The number of hydrogen-bond donors (Lipinski definition) is 0. The number of rotatable bonds is 2. The Hall–Kier alpha value is -0.0800. The van der Waals surface area contributed by atoms with Crippen molar-refractivity contribution in [2.24, 2.45) is 5.92 Å². The highest BCUT2D eigenvalue weighted by Gasteiger charge is 2.34. The SMILES string of the molecule is C[C@@H](C#N)CP(C(C)(C)C)C(C)(C)C. The van der Waals surface area contributed by atoms with Crippen LogP contribution in [0.3, 0.4) is 0 Å². The summed E-state index contributed by atoms with van der Waals surface area (Å²) in [5, 5.41) is 9.57. The fourth-order valence-electron chi connectivity index (χ4n) is 1.87. The largest absolute Gasteiger partial charge is 0.198 e. The van der Waals surface area contributed by atoms with Gasteiger partial charge in [0.05, 0.1) is 6.07 Å². The summed E-state index contributed by atoms with van der Waals surface area (Å²) >= 11 is 0. The molecule has 0 aromatic rings. The fraction of sp³-hybridized carbons (Fsp3) is 0.917. The molecule has 0 saturated carbocycles. The second-order valence-corrected chi connectivity index (χ2v) is 9.89. The average Bonchev–Trinajstić information content (AvgIpc) is 1.95. The summed E-state index contributed by atoms with van der Waals surface area (Å²) in [5.41, 5.74) is 0. The van der Waals surface area contributed by atoms with Crippen molar-refractivity contribution in [3.63, 3.8) is 0 Å². The predicted molar refractivity (Wildman–Crippen MR) is 66.1 cm³/mol. The number of hydrogen-bond acceptors (Lipinski definition) is 1. The number of nitriles is 1. The second-order valence-electron chi connectivity index (χ2n) is 5.98. The van der Waals surface area contributed by atoms with E-state index in [9.17, 15) is 0 Å². The van der Waals surface area contributed by atoms with E-state index in [0.717, 1.165) is 6.16 Å². The van der Waals surface area contributed by atoms with E-state index in [-0.39, 0.29) is 13.8 Å². The van der Waals surface area contributed by atoms with Gasteiger partial charge >= 0.3 is 0 Å². The van der Waals surface area contributed by atoms with E-state index in [1.54, 1.807) is 0 Å². The first-order valence-corrected chi connectivity index (χ1v) is 6.79. The van der Waals surface area contributed by atoms with Gasteiger partial charge in [-0.15, -0.1) is 0 Å². The zero-order valence-corrected chi connectivity index (χ0v) is 11.6.